The van der Waals surface area contributed by atoms with Crippen molar-refractivity contribution in [2.45, 2.75) is 31.8 Å². The molecule has 1 aliphatic heterocycles. The van der Waals surface area contributed by atoms with Gasteiger partial charge in [0.05, 0.1) is 18.8 Å². The van der Waals surface area contributed by atoms with Crippen LogP contribution in [0, 0.1) is 0 Å². The SMILES string of the molecule is C=CC(=O)N(Cc1cn(C2CCC2)nn1)c1ccc2c(c1)OCO2. The highest BCUT2D eigenvalue weighted by molar-refractivity contribution is 6.01. The van der Waals surface area contributed by atoms with E-state index in [1.54, 1.807) is 17.0 Å². The fourth-order valence-electron chi connectivity index (χ4n) is 2.84. The highest BCUT2D eigenvalue weighted by Gasteiger charge is 2.23. The highest BCUT2D eigenvalue weighted by atomic mass is 16.7. The van der Waals surface area contributed by atoms with Gasteiger partial charge in [0.2, 0.25) is 6.79 Å². The van der Waals surface area contributed by atoms with Crippen molar-refractivity contribution in [3.8, 4) is 11.5 Å². The van der Waals surface area contributed by atoms with E-state index in [4.69, 9.17) is 9.47 Å². The second kappa shape index (κ2) is 5.99. The van der Waals surface area contributed by atoms with Crippen LogP contribution in [0.15, 0.2) is 37.1 Å². The molecule has 0 radical (unpaired) electrons. The average Bonchev–Trinajstić information content (AvgIpc) is 3.18. The summed E-state index contributed by atoms with van der Waals surface area (Å²) < 4.78 is 12.6. The van der Waals surface area contributed by atoms with Gasteiger partial charge in [-0.2, -0.15) is 0 Å². The lowest BCUT2D eigenvalue weighted by Crippen LogP contribution is -2.28. The first-order valence-electron chi connectivity index (χ1n) is 7.99. The summed E-state index contributed by atoms with van der Waals surface area (Å²) in [5.41, 5.74) is 1.46. The predicted molar refractivity (Wildman–Crippen MR) is 86.9 cm³/mol. The number of amides is 1. The van der Waals surface area contributed by atoms with E-state index in [9.17, 15) is 4.79 Å². The number of ether oxygens (including phenoxy) is 2. The van der Waals surface area contributed by atoms with E-state index in [1.165, 1.54) is 12.5 Å². The third kappa shape index (κ3) is 2.62. The molecular weight excluding hydrogens is 308 g/mol. The van der Waals surface area contributed by atoms with Gasteiger partial charge in [0, 0.05) is 11.8 Å². The molecule has 1 aliphatic carbocycles. The van der Waals surface area contributed by atoms with Gasteiger partial charge in [0.25, 0.3) is 5.91 Å². The second-order valence-corrected chi connectivity index (χ2v) is 5.94. The van der Waals surface area contributed by atoms with Crippen molar-refractivity contribution in [1.82, 2.24) is 15.0 Å². The van der Waals surface area contributed by atoms with Crippen LogP contribution in [0.3, 0.4) is 0 Å². The van der Waals surface area contributed by atoms with Crippen LogP contribution >= 0.6 is 0 Å². The number of nitrogens with zero attached hydrogens (tertiary/aromatic N) is 4. The van der Waals surface area contributed by atoms with E-state index in [1.807, 2.05) is 16.9 Å². The molecule has 0 unspecified atom stereocenters. The van der Waals surface area contributed by atoms with Gasteiger partial charge in [0.15, 0.2) is 11.5 Å². The van der Waals surface area contributed by atoms with Gasteiger partial charge in [-0.3, -0.25) is 4.79 Å². The molecular formula is C17H18N4O3. The summed E-state index contributed by atoms with van der Waals surface area (Å²) in [6.45, 7) is 4.12. The third-order valence-corrected chi connectivity index (χ3v) is 4.44. The molecule has 1 saturated carbocycles. The van der Waals surface area contributed by atoms with Crippen molar-refractivity contribution in [2.24, 2.45) is 0 Å². The molecule has 1 fully saturated rings. The van der Waals surface area contributed by atoms with Gasteiger partial charge in [-0.1, -0.05) is 11.8 Å². The highest BCUT2D eigenvalue weighted by Crippen LogP contribution is 2.36. The Morgan fingerprint density at radius 3 is 2.96 bits per heavy atom. The van der Waals surface area contributed by atoms with Crippen molar-refractivity contribution in [2.75, 3.05) is 11.7 Å². The van der Waals surface area contributed by atoms with Crippen LogP contribution in [0.4, 0.5) is 5.69 Å². The molecule has 2 aliphatic rings. The number of carbonyl (C=O) groups is 1. The molecule has 24 heavy (non-hydrogen) atoms. The van der Waals surface area contributed by atoms with Crippen LogP contribution in [-0.2, 0) is 11.3 Å². The van der Waals surface area contributed by atoms with Crippen LogP contribution in [0.25, 0.3) is 0 Å². The van der Waals surface area contributed by atoms with Crippen molar-refractivity contribution in [3.05, 3.63) is 42.7 Å². The number of anilines is 1. The summed E-state index contributed by atoms with van der Waals surface area (Å²) in [4.78, 5) is 13.9. The molecule has 0 N–H and O–H groups in total. The Kier molecular flexibility index (Phi) is 3.68. The minimum absolute atomic E-state index is 0.198. The predicted octanol–water partition coefficient (Wildman–Crippen LogP) is 2.45. The monoisotopic (exact) mass is 326 g/mol. The number of carbonyl (C=O) groups excluding carboxylic acids is 1. The Balaban J connectivity index is 1.58. The van der Waals surface area contributed by atoms with Crippen LogP contribution in [0.2, 0.25) is 0 Å². The van der Waals surface area contributed by atoms with E-state index < -0.39 is 0 Å². The van der Waals surface area contributed by atoms with Gasteiger partial charge in [0.1, 0.15) is 5.69 Å². The zero-order valence-electron chi connectivity index (χ0n) is 13.2. The topological polar surface area (TPSA) is 69.5 Å². The molecule has 0 atom stereocenters. The molecule has 0 spiro atoms. The lowest BCUT2D eigenvalue weighted by atomic mass is 9.93. The van der Waals surface area contributed by atoms with Gasteiger partial charge in [-0.05, 0) is 37.5 Å². The fraction of sp³-hybridized carbons (Fsp3) is 0.353. The number of benzene rings is 1. The normalized spacial score (nSPS) is 15.8. The smallest absolute Gasteiger partial charge is 0.250 e. The molecule has 2 aromatic rings. The van der Waals surface area contributed by atoms with Crippen LogP contribution < -0.4 is 14.4 Å². The van der Waals surface area contributed by atoms with Crippen molar-refractivity contribution in [3.63, 3.8) is 0 Å². The molecule has 7 heteroatoms. The number of rotatable bonds is 5. The average molecular weight is 326 g/mol. The van der Waals surface area contributed by atoms with Crippen molar-refractivity contribution in [1.29, 1.82) is 0 Å². The molecule has 1 aromatic carbocycles. The first kappa shape index (κ1) is 14.7. The van der Waals surface area contributed by atoms with E-state index in [2.05, 4.69) is 16.9 Å². The lowest BCUT2D eigenvalue weighted by molar-refractivity contribution is -0.114. The van der Waals surface area contributed by atoms with Gasteiger partial charge in [-0.25, -0.2) is 4.68 Å². The summed E-state index contributed by atoms with van der Waals surface area (Å²) >= 11 is 0. The van der Waals surface area contributed by atoms with Crippen molar-refractivity contribution >= 4 is 11.6 Å². The Morgan fingerprint density at radius 1 is 1.38 bits per heavy atom. The van der Waals surface area contributed by atoms with Gasteiger partial charge >= 0.3 is 0 Å². The quantitative estimate of drug-likeness (QED) is 0.789. The van der Waals surface area contributed by atoms with Gasteiger partial charge in [-0.15, -0.1) is 5.10 Å². The Labute approximate surface area is 139 Å². The van der Waals surface area contributed by atoms with Crippen LogP contribution in [0.5, 0.6) is 11.5 Å². The zero-order valence-corrected chi connectivity index (χ0v) is 13.2. The Bertz CT molecular complexity index is 782. The first-order chi connectivity index (χ1) is 11.7. The maximum absolute atomic E-state index is 12.3. The minimum atomic E-state index is -0.202. The Hall–Kier alpha value is -2.83. The molecule has 7 nitrogen and oxygen atoms in total. The van der Waals surface area contributed by atoms with E-state index >= 15 is 0 Å². The molecule has 4 rings (SSSR count). The van der Waals surface area contributed by atoms with E-state index in [-0.39, 0.29) is 12.7 Å². The number of fused-ring (bicyclic) bond motifs is 1. The molecule has 124 valence electrons. The molecule has 0 bridgehead atoms. The largest absolute Gasteiger partial charge is 0.454 e. The summed E-state index contributed by atoms with van der Waals surface area (Å²) in [5.74, 6) is 1.11. The summed E-state index contributed by atoms with van der Waals surface area (Å²) in [5, 5.41) is 8.39. The standard InChI is InChI=1S/C17H18N4O3/c1-2-17(22)20(14-6-7-15-16(8-14)24-11-23-15)9-12-10-21(19-18-12)13-4-3-5-13/h2,6-8,10,13H,1,3-5,9,11H2. The molecule has 2 heterocycles. The molecule has 0 saturated heterocycles. The molecule has 1 amide bonds. The number of hydrogen-bond acceptors (Lipinski definition) is 5. The van der Waals surface area contributed by atoms with Crippen molar-refractivity contribution < 1.29 is 14.3 Å². The first-order valence-corrected chi connectivity index (χ1v) is 7.99. The van der Waals surface area contributed by atoms with E-state index in [0.717, 1.165) is 18.5 Å². The fourth-order valence-corrected chi connectivity index (χ4v) is 2.84. The second-order valence-electron chi connectivity index (χ2n) is 5.94. The lowest BCUT2D eigenvalue weighted by Gasteiger charge is -2.24. The third-order valence-electron chi connectivity index (χ3n) is 4.44. The zero-order chi connectivity index (χ0) is 16.5. The van der Waals surface area contributed by atoms with Gasteiger partial charge < -0.3 is 14.4 Å². The maximum Gasteiger partial charge on any atom is 0.250 e. The Morgan fingerprint density at radius 2 is 2.21 bits per heavy atom. The minimum Gasteiger partial charge on any atom is -0.454 e. The summed E-state index contributed by atoms with van der Waals surface area (Å²) in [7, 11) is 0. The maximum atomic E-state index is 12.3. The summed E-state index contributed by atoms with van der Waals surface area (Å²) in [6.07, 6.45) is 6.72. The van der Waals surface area contributed by atoms with Crippen LogP contribution in [-0.4, -0.2) is 27.7 Å². The van der Waals surface area contributed by atoms with E-state index in [0.29, 0.717) is 29.8 Å². The summed E-state index contributed by atoms with van der Waals surface area (Å²) in [6, 6.07) is 5.86. The number of aromatic nitrogens is 3. The molecule has 1 aromatic heterocycles. The number of hydrogen-bond donors (Lipinski definition) is 0. The van der Waals surface area contributed by atoms with Crippen LogP contribution in [0.1, 0.15) is 31.0 Å².